The van der Waals surface area contributed by atoms with Crippen LogP contribution in [0.3, 0.4) is 0 Å². The summed E-state index contributed by atoms with van der Waals surface area (Å²) in [5, 5.41) is 3.24. The van der Waals surface area contributed by atoms with E-state index in [1.54, 1.807) is 0 Å². The maximum atomic E-state index is 10.7. The minimum absolute atomic E-state index is 0.0774. The van der Waals surface area contributed by atoms with Gasteiger partial charge in [0, 0.05) is 18.2 Å². The van der Waals surface area contributed by atoms with Crippen molar-refractivity contribution >= 4 is 11.6 Å². The largest absolute Gasteiger partial charge is 0.382 e. The minimum atomic E-state index is -0.279. The number of hydrogen-bond acceptors (Lipinski definition) is 2. The molecule has 0 saturated carbocycles. The van der Waals surface area contributed by atoms with Crippen LogP contribution >= 0.6 is 0 Å². The van der Waals surface area contributed by atoms with Gasteiger partial charge in [0.15, 0.2) is 0 Å². The van der Waals surface area contributed by atoms with Crippen molar-refractivity contribution < 1.29 is 4.79 Å². The Balaban J connectivity index is 2.60. The number of anilines is 1. The highest BCUT2D eigenvalue weighted by atomic mass is 16.1. The quantitative estimate of drug-likeness (QED) is 0.762. The lowest BCUT2D eigenvalue weighted by atomic mass is 10.1. The molecule has 14 heavy (non-hydrogen) atoms. The molecule has 1 atom stereocenters. The van der Waals surface area contributed by atoms with E-state index in [9.17, 15) is 4.79 Å². The average molecular weight is 192 g/mol. The van der Waals surface area contributed by atoms with Gasteiger partial charge < -0.3 is 11.1 Å². The molecule has 0 aliphatic rings. The lowest BCUT2D eigenvalue weighted by Crippen LogP contribution is -2.24. The van der Waals surface area contributed by atoms with E-state index in [0.717, 1.165) is 5.69 Å². The SMILES string of the molecule is Cc1ccccc1NC(C)CC(N)=O. The van der Waals surface area contributed by atoms with Crippen LogP contribution in [0.1, 0.15) is 18.9 Å². The van der Waals surface area contributed by atoms with Gasteiger partial charge in [-0.2, -0.15) is 0 Å². The number of benzene rings is 1. The molecule has 0 spiro atoms. The van der Waals surface area contributed by atoms with E-state index < -0.39 is 0 Å². The molecule has 1 unspecified atom stereocenters. The molecular formula is C11H16N2O. The number of carbonyl (C=O) groups is 1. The number of primary amides is 1. The molecule has 1 aromatic rings. The van der Waals surface area contributed by atoms with Crippen molar-refractivity contribution in [3.8, 4) is 0 Å². The normalized spacial score (nSPS) is 12.1. The van der Waals surface area contributed by atoms with Gasteiger partial charge >= 0.3 is 0 Å². The Labute approximate surface area is 84.3 Å². The molecule has 1 rings (SSSR count). The topological polar surface area (TPSA) is 55.1 Å². The van der Waals surface area contributed by atoms with Crippen LogP contribution < -0.4 is 11.1 Å². The van der Waals surface area contributed by atoms with Crippen LogP contribution in [0, 0.1) is 6.92 Å². The zero-order valence-corrected chi connectivity index (χ0v) is 8.58. The highest BCUT2D eigenvalue weighted by Gasteiger charge is 2.06. The molecule has 0 radical (unpaired) electrons. The second-order valence-corrected chi connectivity index (χ2v) is 3.53. The van der Waals surface area contributed by atoms with Gasteiger partial charge in [0.2, 0.25) is 5.91 Å². The summed E-state index contributed by atoms with van der Waals surface area (Å²) in [6.07, 6.45) is 0.355. The fourth-order valence-electron chi connectivity index (χ4n) is 1.35. The summed E-state index contributed by atoms with van der Waals surface area (Å²) in [4.78, 5) is 10.7. The maximum Gasteiger partial charge on any atom is 0.219 e. The van der Waals surface area contributed by atoms with Gasteiger partial charge in [-0.1, -0.05) is 18.2 Å². The predicted octanol–water partition coefficient (Wildman–Crippen LogP) is 1.67. The minimum Gasteiger partial charge on any atom is -0.382 e. The van der Waals surface area contributed by atoms with Gasteiger partial charge in [0.05, 0.1) is 0 Å². The van der Waals surface area contributed by atoms with Crippen LogP contribution in [-0.4, -0.2) is 11.9 Å². The van der Waals surface area contributed by atoms with Crippen LogP contribution in [-0.2, 0) is 4.79 Å². The summed E-state index contributed by atoms with van der Waals surface area (Å²) in [6, 6.07) is 8.05. The van der Waals surface area contributed by atoms with Crippen molar-refractivity contribution in [1.29, 1.82) is 0 Å². The van der Waals surface area contributed by atoms with Gasteiger partial charge in [-0.05, 0) is 25.5 Å². The van der Waals surface area contributed by atoms with Gasteiger partial charge in [0.25, 0.3) is 0 Å². The van der Waals surface area contributed by atoms with E-state index in [0.29, 0.717) is 6.42 Å². The Kier molecular flexibility index (Phi) is 3.51. The van der Waals surface area contributed by atoms with Gasteiger partial charge in [-0.3, -0.25) is 4.79 Å². The number of nitrogens with one attached hydrogen (secondary N) is 1. The molecule has 0 aliphatic heterocycles. The number of aryl methyl sites for hydroxylation is 1. The Bertz CT molecular complexity index is 323. The molecule has 3 heteroatoms. The molecular weight excluding hydrogens is 176 g/mol. The van der Waals surface area contributed by atoms with Crippen LogP contribution in [0.5, 0.6) is 0 Å². The molecule has 0 aromatic heterocycles. The Morgan fingerprint density at radius 1 is 1.50 bits per heavy atom. The van der Waals surface area contributed by atoms with E-state index >= 15 is 0 Å². The Hall–Kier alpha value is -1.51. The van der Waals surface area contributed by atoms with Crippen LogP contribution in [0.4, 0.5) is 5.69 Å². The second-order valence-electron chi connectivity index (χ2n) is 3.53. The molecule has 76 valence electrons. The standard InChI is InChI=1S/C11H16N2O/c1-8-5-3-4-6-10(8)13-9(2)7-11(12)14/h3-6,9,13H,7H2,1-2H3,(H2,12,14). The molecule has 0 heterocycles. The second kappa shape index (κ2) is 4.65. The maximum absolute atomic E-state index is 10.7. The highest BCUT2D eigenvalue weighted by molar-refractivity contribution is 5.75. The van der Waals surface area contributed by atoms with Crippen molar-refractivity contribution in [2.75, 3.05) is 5.32 Å². The summed E-state index contributed by atoms with van der Waals surface area (Å²) in [5.74, 6) is -0.279. The fourth-order valence-corrected chi connectivity index (χ4v) is 1.35. The van der Waals surface area contributed by atoms with Crippen molar-refractivity contribution in [1.82, 2.24) is 0 Å². The molecule has 3 N–H and O–H groups in total. The number of amides is 1. The number of hydrogen-bond donors (Lipinski definition) is 2. The number of carbonyl (C=O) groups excluding carboxylic acids is 1. The molecule has 0 aliphatic carbocycles. The third-order valence-corrected chi connectivity index (χ3v) is 2.05. The summed E-state index contributed by atoms with van der Waals surface area (Å²) in [5.41, 5.74) is 7.33. The molecule has 0 fully saturated rings. The van der Waals surface area contributed by atoms with E-state index in [-0.39, 0.29) is 11.9 Å². The lowest BCUT2D eigenvalue weighted by Gasteiger charge is -2.15. The molecule has 3 nitrogen and oxygen atoms in total. The van der Waals surface area contributed by atoms with Gasteiger partial charge in [-0.15, -0.1) is 0 Å². The lowest BCUT2D eigenvalue weighted by molar-refractivity contribution is -0.118. The zero-order chi connectivity index (χ0) is 10.6. The first-order valence-electron chi connectivity index (χ1n) is 4.70. The van der Waals surface area contributed by atoms with E-state index in [1.165, 1.54) is 5.56 Å². The predicted molar refractivity (Wildman–Crippen MR) is 58.1 cm³/mol. The molecule has 0 saturated heterocycles. The average Bonchev–Trinajstić information content (AvgIpc) is 2.07. The van der Waals surface area contributed by atoms with Crippen molar-refractivity contribution in [3.63, 3.8) is 0 Å². The van der Waals surface area contributed by atoms with Crippen molar-refractivity contribution in [2.24, 2.45) is 5.73 Å². The fraction of sp³-hybridized carbons (Fsp3) is 0.364. The molecule has 0 bridgehead atoms. The number of rotatable bonds is 4. The zero-order valence-electron chi connectivity index (χ0n) is 8.58. The first kappa shape index (κ1) is 10.6. The monoisotopic (exact) mass is 192 g/mol. The first-order valence-corrected chi connectivity index (χ1v) is 4.70. The van der Waals surface area contributed by atoms with Gasteiger partial charge in [-0.25, -0.2) is 0 Å². The number of nitrogens with two attached hydrogens (primary N) is 1. The van der Waals surface area contributed by atoms with E-state index in [2.05, 4.69) is 5.32 Å². The van der Waals surface area contributed by atoms with Gasteiger partial charge in [0.1, 0.15) is 0 Å². The van der Waals surface area contributed by atoms with E-state index in [4.69, 9.17) is 5.73 Å². The summed E-state index contributed by atoms with van der Waals surface area (Å²) < 4.78 is 0. The Morgan fingerprint density at radius 3 is 2.71 bits per heavy atom. The summed E-state index contributed by atoms with van der Waals surface area (Å²) in [6.45, 7) is 3.97. The van der Waals surface area contributed by atoms with Crippen LogP contribution in [0.15, 0.2) is 24.3 Å². The van der Waals surface area contributed by atoms with Crippen molar-refractivity contribution in [2.45, 2.75) is 26.3 Å². The molecule has 1 amide bonds. The Morgan fingerprint density at radius 2 is 2.14 bits per heavy atom. The summed E-state index contributed by atoms with van der Waals surface area (Å²) in [7, 11) is 0. The smallest absolute Gasteiger partial charge is 0.219 e. The molecule has 1 aromatic carbocycles. The first-order chi connectivity index (χ1) is 6.59. The third-order valence-electron chi connectivity index (χ3n) is 2.05. The third kappa shape index (κ3) is 3.09. The van der Waals surface area contributed by atoms with Crippen LogP contribution in [0.2, 0.25) is 0 Å². The van der Waals surface area contributed by atoms with Crippen molar-refractivity contribution in [3.05, 3.63) is 29.8 Å². The highest BCUT2D eigenvalue weighted by Crippen LogP contribution is 2.14. The summed E-state index contributed by atoms with van der Waals surface area (Å²) >= 11 is 0. The van der Waals surface area contributed by atoms with Crippen LogP contribution in [0.25, 0.3) is 0 Å². The van der Waals surface area contributed by atoms with E-state index in [1.807, 2.05) is 38.1 Å². The number of para-hydroxylation sites is 1.